The van der Waals surface area contributed by atoms with Crippen LogP contribution in [0.3, 0.4) is 0 Å². The first-order valence-corrected chi connectivity index (χ1v) is 5.25. The quantitative estimate of drug-likeness (QED) is 0.500. The van der Waals surface area contributed by atoms with Gasteiger partial charge in [0.05, 0.1) is 27.8 Å². The molecule has 0 spiro atoms. The van der Waals surface area contributed by atoms with E-state index in [0.29, 0.717) is 0 Å². The summed E-state index contributed by atoms with van der Waals surface area (Å²) >= 11 is 2.80. The summed E-state index contributed by atoms with van der Waals surface area (Å²) in [5.41, 5.74) is 8.73. The van der Waals surface area contributed by atoms with Crippen molar-refractivity contribution in [2.75, 3.05) is 16.8 Å². The molecule has 0 aliphatic carbocycles. The van der Waals surface area contributed by atoms with Gasteiger partial charge in [0.15, 0.2) is 5.78 Å². The number of ketones is 1. The molecule has 3 nitrogen and oxygen atoms in total. The Hall–Kier alpha value is -1.24. The number of nitrogens with two attached hydrogens (primary N) is 2. The predicted octanol–water partition coefficient (Wildman–Crippen LogP) is 2.45. The van der Waals surface area contributed by atoms with Crippen molar-refractivity contribution in [3.63, 3.8) is 0 Å². The van der Waals surface area contributed by atoms with E-state index >= 15 is 0 Å². The van der Waals surface area contributed by atoms with Crippen molar-refractivity contribution in [1.82, 2.24) is 0 Å². The van der Waals surface area contributed by atoms with Crippen molar-refractivity contribution in [2.45, 2.75) is 6.18 Å². The Bertz CT molecular complexity index is 431. The van der Waals surface area contributed by atoms with E-state index in [1.807, 2.05) is 0 Å². The largest absolute Gasteiger partial charge is 0.417 e. The fourth-order valence-electron chi connectivity index (χ4n) is 1.24. The Kier molecular flexibility index (Phi) is 3.47. The van der Waals surface area contributed by atoms with E-state index in [9.17, 15) is 18.0 Å². The Morgan fingerprint density at radius 3 is 2.31 bits per heavy atom. The van der Waals surface area contributed by atoms with E-state index in [4.69, 9.17) is 11.5 Å². The number of alkyl halides is 4. The van der Waals surface area contributed by atoms with E-state index in [-0.39, 0.29) is 16.7 Å². The summed E-state index contributed by atoms with van der Waals surface area (Å²) in [6, 6.07) is 1.78. The third kappa shape index (κ3) is 2.29. The Morgan fingerprint density at radius 1 is 1.31 bits per heavy atom. The van der Waals surface area contributed by atoms with Crippen LogP contribution in [0.1, 0.15) is 15.9 Å². The minimum atomic E-state index is -4.63. The van der Waals surface area contributed by atoms with Gasteiger partial charge in [0.2, 0.25) is 0 Å². The van der Waals surface area contributed by atoms with Gasteiger partial charge in [0.25, 0.3) is 0 Å². The van der Waals surface area contributed by atoms with Crippen molar-refractivity contribution in [1.29, 1.82) is 0 Å². The molecule has 0 saturated carbocycles. The zero-order valence-corrected chi connectivity index (χ0v) is 9.52. The molecule has 0 amide bonds. The average molecular weight is 297 g/mol. The Morgan fingerprint density at radius 2 is 1.88 bits per heavy atom. The van der Waals surface area contributed by atoms with Gasteiger partial charge in [0.1, 0.15) is 0 Å². The maximum absolute atomic E-state index is 12.6. The van der Waals surface area contributed by atoms with Crippen LogP contribution in [0.25, 0.3) is 0 Å². The van der Waals surface area contributed by atoms with Crippen molar-refractivity contribution < 1.29 is 18.0 Å². The molecule has 88 valence electrons. The lowest BCUT2D eigenvalue weighted by atomic mass is 10.0. The normalized spacial score (nSPS) is 11.5. The summed E-state index contributed by atoms with van der Waals surface area (Å²) in [6.07, 6.45) is -4.63. The number of nitrogen functional groups attached to an aromatic ring is 2. The van der Waals surface area contributed by atoms with Crippen molar-refractivity contribution >= 4 is 33.1 Å². The first kappa shape index (κ1) is 12.8. The first-order valence-electron chi connectivity index (χ1n) is 4.13. The average Bonchev–Trinajstić information content (AvgIpc) is 2.19. The van der Waals surface area contributed by atoms with Crippen LogP contribution in [-0.4, -0.2) is 11.1 Å². The number of Topliss-reactive ketones (excluding diaryl/α,β-unsaturated/α-hetero) is 1. The number of rotatable bonds is 2. The Balaban J connectivity index is 3.51. The molecular formula is C9H8BrF3N2O. The number of hydrogen-bond donors (Lipinski definition) is 2. The number of benzene rings is 1. The second-order valence-electron chi connectivity index (χ2n) is 3.05. The molecule has 0 aliphatic heterocycles. The van der Waals surface area contributed by atoms with Gasteiger partial charge in [-0.25, -0.2) is 0 Å². The summed E-state index contributed by atoms with van der Waals surface area (Å²) in [7, 11) is 0. The fraction of sp³-hybridized carbons (Fsp3) is 0.222. The second-order valence-corrected chi connectivity index (χ2v) is 3.61. The highest BCUT2D eigenvalue weighted by Crippen LogP contribution is 2.36. The molecule has 1 rings (SSSR count). The molecule has 7 heteroatoms. The molecule has 16 heavy (non-hydrogen) atoms. The lowest BCUT2D eigenvalue weighted by Gasteiger charge is -2.14. The molecule has 0 saturated heterocycles. The third-order valence-electron chi connectivity index (χ3n) is 1.98. The molecule has 0 radical (unpaired) electrons. The van der Waals surface area contributed by atoms with Crippen molar-refractivity contribution in [2.24, 2.45) is 0 Å². The van der Waals surface area contributed by atoms with Crippen LogP contribution in [0.5, 0.6) is 0 Å². The summed E-state index contributed by atoms with van der Waals surface area (Å²) in [5, 5.41) is -0.246. The topological polar surface area (TPSA) is 69.1 Å². The van der Waals surface area contributed by atoms with Gasteiger partial charge in [-0.3, -0.25) is 4.79 Å². The van der Waals surface area contributed by atoms with Crippen LogP contribution in [0, 0.1) is 0 Å². The number of anilines is 2. The smallest absolute Gasteiger partial charge is 0.397 e. The third-order valence-corrected chi connectivity index (χ3v) is 2.49. The molecular weight excluding hydrogens is 289 g/mol. The monoisotopic (exact) mass is 296 g/mol. The second kappa shape index (κ2) is 4.32. The lowest BCUT2D eigenvalue weighted by Crippen LogP contribution is -2.17. The lowest BCUT2D eigenvalue weighted by molar-refractivity contribution is -0.137. The Labute approximate surface area is 97.7 Å². The van der Waals surface area contributed by atoms with Gasteiger partial charge in [-0.05, 0) is 12.1 Å². The molecule has 0 aromatic heterocycles. The highest BCUT2D eigenvalue weighted by atomic mass is 79.9. The minimum Gasteiger partial charge on any atom is -0.397 e. The molecule has 0 atom stereocenters. The molecule has 0 unspecified atom stereocenters. The number of carbonyl (C=O) groups is 1. The highest BCUT2D eigenvalue weighted by molar-refractivity contribution is 9.09. The van der Waals surface area contributed by atoms with Crippen LogP contribution in [-0.2, 0) is 6.18 Å². The maximum Gasteiger partial charge on any atom is 0.417 e. The first-order chi connectivity index (χ1) is 7.29. The van der Waals surface area contributed by atoms with Gasteiger partial charge >= 0.3 is 6.18 Å². The predicted molar refractivity (Wildman–Crippen MR) is 58.4 cm³/mol. The van der Waals surface area contributed by atoms with E-state index < -0.39 is 23.1 Å². The highest BCUT2D eigenvalue weighted by Gasteiger charge is 2.36. The zero-order chi connectivity index (χ0) is 12.5. The fourth-order valence-corrected chi connectivity index (χ4v) is 1.52. The van der Waals surface area contributed by atoms with Gasteiger partial charge in [-0.2, -0.15) is 13.2 Å². The molecule has 0 fully saturated rings. The van der Waals surface area contributed by atoms with Gasteiger partial charge < -0.3 is 11.5 Å². The number of carbonyl (C=O) groups excluding carboxylic acids is 1. The van der Waals surface area contributed by atoms with Gasteiger partial charge in [-0.1, -0.05) is 15.9 Å². The molecule has 1 aromatic carbocycles. The van der Waals surface area contributed by atoms with Gasteiger partial charge in [0, 0.05) is 0 Å². The summed E-state index contributed by atoms with van der Waals surface area (Å²) in [4.78, 5) is 11.4. The van der Waals surface area contributed by atoms with E-state index in [1.54, 1.807) is 0 Å². The van der Waals surface area contributed by atoms with Crippen LogP contribution in [0.15, 0.2) is 12.1 Å². The van der Waals surface area contributed by atoms with Crippen LogP contribution in [0.2, 0.25) is 0 Å². The van der Waals surface area contributed by atoms with E-state index in [2.05, 4.69) is 15.9 Å². The van der Waals surface area contributed by atoms with Crippen molar-refractivity contribution in [3.05, 3.63) is 23.3 Å². The molecule has 0 bridgehead atoms. The zero-order valence-electron chi connectivity index (χ0n) is 7.94. The van der Waals surface area contributed by atoms with Gasteiger partial charge in [-0.15, -0.1) is 0 Å². The summed E-state index contributed by atoms with van der Waals surface area (Å²) < 4.78 is 37.8. The van der Waals surface area contributed by atoms with Crippen LogP contribution >= 0.6 is 15.9 Å². The van der Waals surface area contributed by atoms with E-state index in [1.165, 1.54) is 0 Å². The maximum atomic E-state index is 12.6. The molecule has 1 aromatic rings. The minimum absolute atomic E-state index is 0.0442. The summed E-state index contributed by atoms with van der Waals surface area (Å²) in [6.45, 7) is 0. The molecule has 0 heterocycles. The molecule has 4 N–H and O–H groups in total. The van der Waals surface area contributed by atoms with E-state index in [0.717, 1.165) is 12.1 Å². The van der Waals surface area contributed by atoms with Crippen molar-refractivity contribution in [3.8, 4) is 0 Å². The standard InChI is InChI=1S/C9H8BrF3N2O/c10-3-6(16)7-4(9(11,12)13)1-2-5(14)8(7)15/h1-2H,3,14-15H2. The SMILES string of the molecule is Nc1ccc(C(F)(F)F)c(C(=O)CBr)c1N. The van der Waals surface area contributed by atoms with Crippen LogP contribution in [0.4, 0.5) is 24.5 Å². The number of halogens is 4. The summed E-state index contributed by atoms with van der Waals surface area (Å²) in [5.74, 6) is -0.753. The van der Waals surface area contributed by atoms with Crippen LogP contribution < -0.4 is 11.5 Å². The molecule has 0 aliphatic rings. The number of hydrogen-bond acceptors (Lipinski definition) is 3.